The molecule has 29 heavy (non-hydrogen) atoms. The van der Waals surface area contributed by atoms with Gasteiger partial charge in [-0.3, -0.25) is 9.88 Å². The van der Waals surface area contributed by atoms with Gasteiger partial charge in [0.05, 0.1) is 12.2 Å². The molecule has 5 heteroatoms. The van der Waals surface area contributed by atoms with E-state index in [4.69, 9.17) is 5.41 Å². The van der Waals surface area contributed by atoms with Crippen LogP contribution in [-0.4, -0.2) is 40.1 Å². The van der Waals surface area contributed by atoms with Crippen molar-refractivity contribution in [3.63, 3.8) is 0 Å². The minimum Gasteiger partial charge on any atom is -0.305 e. The maximum atomic E-state index is 13.9. The van der Waals surface area contributed by atoms with E-state index in [1.165, 1.54) is 19.3 Å². The van der Waals surface area contributed by atoms with E-state index < -0.39 is 5.92 Å². The maximum absolute atomic E-state index is 13.9. The lowest BCUT2D eigenvalue weighted by Crippen LogP contribution is -2.53. The van der Waals surface area contributed by atoms with Crippen LogP contribution in [0, 0.1) is 11.3 Å². The number of allylic oxidation sites excluding steroid dienone is 1. The summed E-state index contributed by atoms with van der Waals surface area (Å²) in [7, 11) is 0. The van der Waals surface area contributed by atoms with E-state index >= 15 is 0 Å². The molecule has 0 atom stereocenters. The summed E-state index contributed by atoms with van der Waals surface area (Å²) >= 11 is 0. The molecule has 1 N–H and O–H groups in total. The molecule has 1 aliphatic heterocycles. The Morgan fingerprint density at radius 1 is 1.28 bits per heavy atom. The van der Waals surface area contributed by atoms with Gasteiger partial charge in [0.2, 0.25) is 0 Å². The molecule has 3 rings (SSSR count). The van der Waals surface area contributed by atoms with Crippen LogP contribution in [0.4, 0.5) is 8.78 Å². The van der Waals surface area contributed by atoms with Gasteiger partial charge in [0.25, 0.3) is 5.92 Å². The number of piperidine rings is 1. The highest BCUT2D eigenvalue weighted by molar-refractivity contribution is 6.01. The molecule has 2 fully saturated rings. The minimum absolute atomic E-state index is 0.0161. The Morgan fingerprint density at radius 3 is 2.69 bits per heavy atom. The first-order valence-electron chi connectivity index (χ1n) is 11.0. The van der Waals surface area contributed by atoms with Crippen molar-refractivity contribution in [2.75, 3.05) is 13.1 Å². The second-order valence-electron chi connectivity index (χ2n) is 9.43. The van der Waals surface area contributed by atoms with Gasteiger partial charge in [0.1, 0.15) is 0 Å². The second kappa shape index (κ2) is 9.03. The van der Waals surface area contributed by atoms with Gasteiger partial charge >= 0.3 is 0 Å². The first kappa shape index (κ1) is 22.1. The summed E-state index contributed by atoms with van der Waals surface area (Å²) in [6, 6.07) is 3.83. The number of hydrogen-bond acceptors (Lipinski definition) is 3. The second-order valence-corrected chi connectivity index (χ2v) is 9.43. The Morgan fingerprint density at radius 2 is 2.00 bits per heavy atom. The predicted molar refractivity (Wildman–Crippen MR) is 116 cm³/mol. The Kier molecular flexibility index (Phi) is 6.87. The van der Waals surface area contributed by atoms with Crippen molar-refractivity contribution in [1.29, 1.82) is 5.41 Å². The molecule has 0 amide bonds. The van der Waals surface area contributed by atoms with Crippen molar-refractivity contribution in [2.24, 2.45) is 5.92 Å². The highest BCUT2D eigenvalue weighted by Crippen LogP contribution is 2.36. The van der Waals surface area contributed by atoms with Crippen LogP contribution in [0.5, 0.6) is 0 Å². The van der Waals surface area contributed by atoms with Crippen LogP contribution < -0.4 is 0 Å². The number of hydrogen-bond donors (Lipinski definition) is 1. The van der Waals surface area contributed by atoms with Crippen molar-refractivity contribution in [3.05, 3.63) is 36.2 Å². The molecule has 0 unspecified atom stereocenters. The predicted octanol–water partition coefficient (Wildman–Crippen LogP) is 6.33. The third-order valence-electron chi connectivity index (χ3n) is 6.77. The van der Waals surface area contributed by atoms with E-state index in [-0.39, 0.29) is 18.5 Å². The molecule has 0 aromatic carbocycles. The largest absolute Gasteiger partial charge is 0.305 e. The van der Waals surface area contributed by atoms with Crippen LogP contribution in [0.3, 0.4) is 0 Å². The molecular formula is C24H35F2N3. The highest BCUT2D eigenvalue weighted by atomic mass is 19.3. The summed E-state index contributed by atoms with van der Waals surface area (Å²) in [6.07, 6.45) is 9.57. The summed E-state index contributed by atoms with van der Waals surface area (Å²) in [5.41, 5.74) is 2.93. The van der Waals surface area contributed by atoms with E-state index in [1.54, 1.807) is 6.20 Å². The minimum atomic E-state index is -2.60. The molecule has 0 bridgehead atoms. The maximum Gasteiger partial charge on any atom is 0.260 e. The molecule has 3 nitrogen and oxygen atoms in total. The first-order valence-corrected chi connectivity index (χ1v) is 11.0. The molecule has 1 aliphatic carbocycles. The standard InChI is InChI=1S/C24H35F2N3/c1-18(19-9-5-4-6-10-19)22-20(11-7-15-28-22)21(27)12-14-23(2,3)29-16-8-13-24(25,26)17-29/h7,11,15,19,27H,1,4-6,8-10,12-14,16-17H2,2-3H3. The quantitative estimate of drug-likeness (QED) is 0.540. The summed E-state index contributed by atoms with van der Waals surface area (Å²) in [4.78, 5) is 6.48. The van der Waals surface area contributed by atoms with Gasteiger partial charge in [-0.05, 0) is 76.1 Å². The van der Waals surface area contributed by atoms with Crippen molar-refractivity contribution in [1.82, 2.24) is 9.88 Å². The smallest absolute Gasteiger partial charge is 0.260 e. The number of nitrogens with zero attached hydrogens (tertiary/aromatic N) is 2. The number of aromatic nitrogens is 1. The molecule has 1 aromatic heterocycles. The van der Waals surface area contributed by atoms with Crippen LogP contribution in [0.25, 0.3) is 5.57 Å². The van der Waals surface area contributed by atoms with Gasteiger partial charge in [-0.15, -0.1) is 0 Å². The number of halogens is 2. The first-order chi connectivity index (χ1) is 13.7. The zero-order chi connectivity index (χ0) is 21.1. The Balaban J connectivity index is 1.67. The van der Waals surface area contributed by atoms with E-state index in [9.17, 15) is 8.78 Å². The molecule has 160 valence electrons. The average Bonchev–Trinajstić information content (AvgIpc) is 2.71. The monoisotopic (exact) mass is 403 g/mol. The molecule has 1 aromatic rings. The van der Waals surface area contributed by atoms with Crippen molar-refractivity contribution >= 4 is 11.3 Å². The normalized spacial score (nSPS) is 21.1. The molecular weight excluding hydrogens is 368 g/mol. The molecule has 0 spiro atoms. The average molecular weight is 404 g/mol. The lowest BCUT2D eigenvalue weighted by atomic mass is 9.81. The van der Waals surface area contributed by atoms with Gasteiger partial charge in [-0.1, -0.05) is 25.8 Å². The van der Waals surface area contributed by atoms with Crippen LogP contribution in [-0.2, 0) is 0 Å². The van der Waals surface area contributed by atoms with Crippen molar-refractivity contribution in [3.8, 4) is 0 Å². The lowest BCUT2D eigenvalue weighted by Gasteiger charge is -2.43. The molecule has 2 heterocycles. The fourth-order valence-electron chi connectivity index (χ4n) is 4.76. The van der Waals surface area contributed by atoms with E-state index in [2.05, 4.69) is 11.6 Å². The fourth-order valence-corrected chi connectivity index (χ4v) is 4.76. The Hall–Kier alpha value is -1.62. The third kappa shape index (κ3) is 5.50. The van der Waals surface area contributed by atoms with Gasteiger partial charge in [0.15, 0.2) is 0 Å². The number of rotatable bonds is 7. The van der Waals surface area contributed by atoms with Crippen molar-refractivity contribution < 1.29 is 8.78 Å². The SMILES string of the molecule is C=C(c1ncccc1C(=N)CCC(C)(C)N1CCCC(F)(F)C1)C1CCCCC1. The summed E-state index contributed by atoms with van der Waals surface area (Å²) in [6.45, 7) is 8.90. The Labute approximate surface area is 174 Å². The fraction of sp³-hybridized carbons (Fsp3) is 0.667. The van der Waals surface area contributed by atoms with Crippen LogP contribution >= 0.6 is 0 Å². The van der Waals surface area contributed by atoms with E-state index in [0.29, 0.717) is 37.4 Å². The molecule has 1 saturated heterocycles. The lowest BCUT2D eigenvalue weighted by molar-refractivity contribution is -0.0902. The molecule has 2 aliphatic rings. The Bertz CT molecular complexity index is 735. The van der Waals surface area contributed by atoms with E-state index in [1.807, 2.05) is 30.9 Å². The van der Waals surface area contributed by atoms with Gasteiger partial charge in [-0.25, -0.2) is 8.78 Å². The van der Waals surface area contributed by atoms with Crippen molar-refractivity contribution in [2.45, 2.75) is 83.1 Å². The number of pyridine rings is 1. The zero-order valence-corrected chi connectivity index (χ0v) is 17.9. The topological polar surface area (TPSA) is 40.0 Å². The highest BCUT2D eigenvalue weighted by Gasteiger charge is 2.40. The van der Waals surface area contributed by atoms with Gasteiger partial charge in [-0.2, -0.15) is 0 Å². The third-order valence-corrected chi connectivity index (χ3v) is 6.77. The van der Waals surface area contributed by atoms with Crippen LogP contribution in [0.15, 0.2) is 24.9 Å². The summed E-state index contributed by atoms with van der Waals surface area (Å²) in [5, 5.41) is 8.70. The molecule has 0 radical (unpaired) electrons. The van der Waals surface area contributed by atoms with Gasteiger partial charge < -0.3 is 5.41 Å². The van der Waals surface area contributed by atoms with E-state index in [0.717, 1.165) is 29.7 Å². The molecule has 1 saturated carbocycles. The van der Waals surface area contributed by atoms with Crippen LogP contribution in [0.2, 0.25) is 0 Å². The number of likely N-dealkylation sites (tertiary alicyclic amines) is 1. The number of nitrogens with one attached hydrogen (secondary N) is 1. The van der Waals surface area contributed by atoms with Gasteiger partial charge in [0, 0.05) is 29.4 Å². The number of alkyl halides is 2. The summed E-state index contributed by atoms with van der Waals surface area (Å²) in [5.74, 6) is -2.14. The van der Waals surface area contributed by atoms with Crippen LogP contribution in [0.1, 0.15) is 82.9 Å². The zero-order valence-electron chi connectivity index (χ0n) is 17.9. The summed E-state index contributed by atoms with van der Waals surface area (Å²) < 4.78 is 27.7.